The van der Waals surface area contributed by atoms with E-state index in [1.165, 1.54) is 11.1 Å². The van der Waals surface area contributed by atoms with Crippen LogP contribution in [-0.4, -0.2) is 41.7 Å². The smallest absolute Gasteiger partial charge is 0.320 e. The van der Waals surface area contributed by atoms with Gasteiger partial charge in [0.25, 0.3) is 0 Å². The van der Waals surface area contributed by atoms with Crippen molar-refractivity contribution in [3.63, 3.8) is 0 Å². The molecule has 0 bridgehead atoms. The molecule has 3 rings (SSSR count). The summed E-state index contributed by atoms with van der Waals surface area (Å²) in [5.41, 5.74) is 2.57. The number of hydrogen-bond acceptors (Lipinski definition) is 3. The number of likely N-dealkylation sites (tertiary alicyclic amines) is 1. The fraction of sp³-hybridized carbons (Fsp3) is 0.588. The molecule has 4 nitrogen and oxygen atoms in total. The first-order valence-electron chi connectivity index (χ1n) is 7.85. The Morgan fingerprint density at radius 2 is 2.33 bits per heavy atom. The fourth-order valence-corrected chi connectivity index (χ4v) is 3.38. The molecule has 1 N–H and O–H groups in total. The minimum Gasteiger partial charge on any atom is -0.493 e. The fourth-order valence-electron chi connectivity index (χ4n) is 3.38. The van der Waals surface area contributed by atoms with Crippen molar-refractivity contribution in [2.75, 3.05) is 19.7 Å². The van der Waals surface area contributed by atoms with Crippen LogP contribution in [-0.2, 0) is 17.6 Å². The van der Waals surface area contributed by atoms with Crippen LogP contribution in [0.4, 0.5) is 0 Å². The lowest BCUT2D eigenvalue weighted by molar-refractivity contribution is -0.145. The molecule has 2 heterocycles. The third-order valence-corrected chi connectivity index (χ3v) is 4.70. The van der Waals surface area contributed by atoms with Gasteiger partial charge in [-0.2, -0.15) is 0 Å². The maximum absolute atomic E-state index is 11.4. The van der Waals surface area contributed by atoms with Crippen LogP contribution < -0.4 is 4.74 Å². The Labute approximate surface area is 125 Å². The van der Waals surface area contributed by atoms with Crippen molar-refractivity contribution in [1.82, 2.24) is 4.90 Å². The highest BCUT2D eigenvalue weighted by atomic mass is 16.5. The second-order valence-corrected chi connectivity index (χ2v) is 6.31. The SMILES string of the molecule is CC1CCN(CCc2ccc3c(c2)CCO3)C(C(=O)O)C1. The number of nitrogens with zero attached hydrogens (tertiary/aromatic N) is 1. The van der Waals surface area contributed by atoms with Crippen molar-refractivity contribution in [2.45, 2.75) is 38.6 Å². The maximum atomic E-state index is 11.4. The second kappa shape index (κ2) is 6.06. The Bertz CT molecular complexity index is 529. The minimum absolute atomic E-state index is 0.313. The van der Waals surface area contributed by atoms with E-state index in [9.17, 15) is 9.90 Å². The first-order chi connectivity index (χ1) is 10.1. The number of carboxylic acids is 1. The van der Waals surface area contributed by atoms with Crippen LogP contribution in [0.3, 0.4) is 0 Å². The Morgan fingerprint density at radius 1 is 1.48 bits per heavy atom. The second-order valence-electron chi connectivity index (χ2n) is 6.31. The summed E-state index contributed by atoms with van der Waals surface area (Å²) in [6.07, 6.45) is 3.77. The van der Waals surface area contributed by atoms with Crippen LogP contribution >= 0.6 is 0 Å². The van der Waals surface area contributed by atoms with Crippen LogP contribution in [0.15, 0.2) is 18.2 Å². The van der Waals surface area contributed by atoms with E-state index in [0.29, 0.717) is 5.92 Å². The number of benzene rings is 1. The molecular formula is C17H23NO3. The van der Waals surface area contributed by atoms with Gasteiger partial charge in [0.15, 0.2) is 0 Å². The summed E-state index contributed by atoms with van der Waals surface area (Å²) in [6, 6.07) is 6.05. The lowest BCUT2D eigenvalue weighted by Gasteiger charge is -2.36. The van der Waals surface area contributed by atoms with Crippen LogP contribution in [0.25, 0.3) is 0 Å². The number of carboxylic acid groups (broad SMARTS) is 1. The largest absolute Gasteiger partial charge is 0.493 e. The Balaban J connectivity index is 1.62. The monoisotopic (exact) mass is 289 g/mol. The number of piperidine rings is 1. The van der Waals surface area contributed by atoms with Gasteiger partial charge in [0.2, 0.25) is 0 Å². The number of hydrogen-bond donors (Lipinski definition) is 1. The number of rotatable bonds is 4. The number of ether oxygens (including phenoxy) is 1. The van der Waals surface area contributed by atoms with Crippen molar-refractivity contribution in [2.24, 2.45) is 5.92 Å². The molecule has 4 heteroatoms. The van der Waals surface area contributed by atoms with E-state index >= 15 is 0 Å². The van der Waals surface area contributed by atoms with Crippen molar-refractivity contribution in [3.8, 4) is 5.75 Å². The van der Waals surface area contributed by atoms with Gasteiger partial charge in [0.05, 0.1) is 6.61 Å². The Kier molecular flexibility index (Phi) is 4.15. The summed E-state index contributed by atoms with van der Waals surface area (Å²) in [7, 11) is 0. The number of fused-ring (bicyclic) bond motifs is 1. The molecular weight excluding hydrogens is 266 g/mol. The summed E-state index contributed by atoms with van der Waals surface area (Å²) < 4.78 is 5.52. The van der Waals surface area contributed by atoms with Crippen LogP contribution in [0.1, 0.15) is 30.9 Å². The molecule has 0 aliphatic carbocycles. The zero-order valence-corrected chi connectivity index (χ0v) is 12.5. The molecule has 0 amide bonds. The molecule has 2 aliphatic rings. The van der Waals surface area contributed by atoms with Gasteiger partial charge < -0.3 is 9.84 Å². The third kappa shape index (κ3) is 3.21. The molecule has 0 aromatic heterocycles. The molecule has 2 aliphatic heterocycles. The van der Waals surface area contributed by atoms with Gasteiger partial charge in [0, 0.05) is 13.0 Å². The predicted molar refractivity (Wildman–Crippen MR) is 80.7 cm³/mol. The summed E-state index contributed by atoms with van der Waals surface area (Å²) in [6.45, 7) is 4.65. The van der Waals surface area contributed by atoms with E-state index in [0.717, 1.165) is 51.1 Å². The van der Waals surface area contributed by atoms with Crippen molar-refractivity contribution >= 4 is 5.97 Å². The van der Waals surface area contributed by atoms with E-state index in [4.69, 9.17) is 4.74 Å². The van der Waals surface area contributed by atoms with Crippen LogP contribution in [0.5, 0.6) is 5.75 Å². The standard InChI is InChI=1S/C17H23NO3/c1-12-4-7-18(15(10-12)17(19)20)8-5-13-2-3-16-14(11-13)6-9-21-16/h2-3,11-12,15H,4-10H2,1H3,(H,19,20). The molecule has 0 spiro atoms. The summed E-state index contributed by atoms with van der Waals surface area (Å²) in [5, 5.41) is 9.39. The number of aliphatic carboxylic acids is 1. The molecule has 2 atom stereocenters. The number of carbonyl (C=O) groups is 1. The maximum Gasteiger partial charge on any atom is 0.320 e. The summed E-state index contributed by atoms with van der Waals surface area (Å²) in [5.74, 6) is 0.845. The lowest BCUT2D eigenvalue weighted by Crippen LogP contribution is -2.47. The highest BCUT2D eigenvalue weighted by Crippen LogP contribution is 2.27. The van der Waals surface area contributed by atoms with Crippen molar-refractivity contribution < 1.29 is 14.6 Å². The highest BCUT2D eigenvalue weighted by Gasteiger charge is 2.31. The average molecular weight is 289 g/mol. The van der Waals surface area contributed by atoms with Crippen LogP contribution in [0, 0.1) is 5.92 Å². The van der Waals surface area contributed by atoms with Gasteiger partial charge in [-0.15, -0.1) is 0 Å². The first-order valence-corrected chi connectivity index (χ1v) is 7.85. The zero-order valence-electron chi connectivity index (χ0n) is 12.5. The van der Waals surface area contributed by atoms with Crippen LogP contribution in [0.2, 0.25) is 0 Å². The molecule has 114 valence electrons. The predicted octanol–water partition coefficient (Wildman–Crippen LogP) is 2.35. The molecule has 1 fully saturated rings. The lowest BCUT2D eigenvalue weighted by atomic mass is 9.92. The minimum atomic E-state index is -0.677. The van der Waals surface area contributed by atoms with Gasteiger partial charge in [-0.25, -0.2) is 0 Å². The van der Waals surface area contributed by atoms with Crippen molar-refractivity contribution in [1.29, 1.82) is 0 Å². The van der Waals surface area contributed by atoms with Gasteiger partial charge in [-0.3, -0.25) is 9.69 Å². The molecule has 0 radical (unpaired) electrons. The van der Waals surface area contributed by atoms with E-state index < -0.39 is 5.97 Å². The topological polar surface area (TPSA) is 49.8 Å². The highest BCUT2D eigenvalue weighted by molar-refractivity contribution is 5.73. The Hall–Kier alpha value is -1.55. The van der Waals surface area contributed by atoms with E-state index in [2.05, 4.69) is 24.0 Å². The average Bonchev–Trinajstić information content (AvgIpc) is 2.93. The normalized spacial score (nSPS) is 25.4. The summed E-state index contributed by atoms with van der Waals surface area (Å²) in [4.78, 5) is 13.5. The molecule has 1 aromatic rings. The van der Waals surface area contributed by atoms with Gasteiger partial charge >= 0.3 is 5.97 Å². The molecule has 0 saturated carbocycles. The summed E-state index contributed by atoms with van der Waals surface area (Å²) >= 11 is 0. The molecule has 1 saturated heterocycles. The Morgan fingerprint density at radius 3 is 3.14 bits per heavy atom. The zero-order chi connectivity index (χ0) is 14.8. The van der Waals surface area contributed by atoms with Crippen molar-refractivity contribution in [3.05, 3.63) is 29.3 Å². The van der Waals surface area contributed by atoms with Gasteiger partial charge in [-0.05, 0) is 48.9 Å². The van der Waals surface area contributed by atoms with E-state index in [-0.39, 0.29) is 6.04 Å². The molecule has 21 heavy (non-hydrogen) atoms. The molecule has 1 aromatic carbocycles. The molecule has 2 unspecified atom stereocenters. The van der Waals surface area contributed by atoms with E-state index in [1.54, 1.807) is 0 Å². The quantitative estimate of drug-likeness (QED) is 0.924. The van der Waals surface area contributed by atoms with E-state index in [1.807, 2.05) is 6.07 Å². The van der Waals surface area contributed by atoms with Gasteiger partial charge in [0.1, 0.15) is 11.8 Å². The third-order valence-electron chi connectivity index (χ3n) is 4.70. The first kappa shape index (κ1) is 14.4. The van der Waals surface area contributed by atoms with Gasteiger partial charge in [-0.1, -0.05) is 19.1 Å².